The molecule has 0 aromatic rings. The second-order valence-electron chi connectivity index (χ2n) is 2.35. The van der Waals surface area contributed by atoms with E-state index in [1.807, 2.05) is 6.92 Å². The first-order chi connectivity index (χ1) is 5.74. The van der Waals surface area contributed by atoms with Gasteiger partial charge in [-0.15, -0.1) is 0 Å². The molecule has 0 bridgehead atoms. The van der Waals surface area contributed by atoms with Gasteiger partial charge in [0.2, 0.25) is 5.76 Å². The number of methoxy groups -OCH3 is 1. The van der Waals surface area contributed by atoms with Gasteiger partial charge in [0.1, 0.15) is 0 Å². The van der Waals surface area contributed by atoms with Crippen LogP contribution in [0.25, 0.3) is 0 Å². The summed E-state index contributed by atoms with van der Waals surface area (Å²) in [6.07, 6.45) is 6.60. The first-order valence-corrected chi connectivity index (χ1v) is 3.54. The Morgan fingerprint density at radius 2 is 2.25 bits per heavy atom. The molecule has 0 saturated carbocycles. The lowest BCUT2D eigenvalue weighted by molar-refractivity contribution is -0.139. The maximum atomic E-state index is 10.9. The molecule has 1 heterocycles. The van der Waals surface area contributed by atoms with Crippen LogP contribution in [-0.4, -0.2) is 13.1 Å². The van der Waals surface area contributed by atoms with Gasteiger partial charge in [0, 0.05) is 0 Å². The molecule has 0 aromatic heterocycles. The highest BCUT2D eigenvalue weighted by Gasteiger charge is 2.09. The highest BCUT2D eigenvalue weighted by atomic mass is 16.6. The fraction of sp³-hybridized carbons (Fsp3) is 0.222. The zero-order chi connectivity index (χ0) is 8.97. The number of rotatable bonds is 1. The van der Waals surface area contributed by atoms with E-state index < -0.39 is 5.97 Å². The first-order valence-electron chi connectivity index (χ1n) is 3.54. The minimum Gasteiger partial charge on any atom is -0.463 e. The number of ether oxygens (including phenoxy) is 2. The van der Waals surface area contributed by atoms with Crippen molar-refractivity contribution >= 4 is 5.97 Å². The summed E-state index contributed by atoms with van der Waals surface area (Å²) in [4.78, 5) is 10.9. The molecule has 12 heavy (non-hydrogen) atoms. The average molecular weight is 166 g/mol. The van der Waals surface area contributed by atoms with Gasteiger partial charge >= 0.3 is 5.97 Å². The second kappa shape index (κ2) is 3.76. The van der Waals surface area contributed by atoms with Crippen molar-refractivity contribution in [2.75, 3.05) is 7.11 Å². The Hall–Kier alpha value is -1.51. The summed E-state index contributed by atoms with van der Waals surface area (Å²) < 4.78 is 9.47. The SMILES string of the molecule is COC(=O)C1=CC=C(C)C=CO1. The first kappa shape index (κ1) is 8.59. The molecule has 3 nitrogen and oxygen atoms in total. The summed E-state index contributed by atoms with van der Waals surface area (Å²) in [6.45, 7) is 1.91. The van der Waals surface area contributed by atoms with E-state index in [1.54, 1.807) is 18.2 Å². The molecule has 64 valence electrons. The number of carbonyl (C=O) groups is 1. The average Bonchev–Trinajstić information content (AvgIpc) is 2.29. The fourth-order valence-electron chi connectivity index (χ4n) is 0.733. The van der Waals surface area contributed by atoms with E-state index in [9.17, 15) is 4.79 Å². The van der Waals surface area contributed by atoms with E-state index in [1.165, 1.54) is 13.4 Å². The minimum absolute atomic E-state index is 0.200. The van der Waals surface area contributed by atoms with E-state index in [4.69, 9.17) is 4.74 Å². The molecule has 0 fully saturated rings. The largest absolute Gasteiger partial charge is 0.463 e. The third-order valence-electron chi connectivity index (χ3n) is 1.41. The normalized spacial score (nSPS) is 15.5. The van der Waals surface area contributed by atoms with Crippen molar-refractivity contribution in [3.05, 3.63) is 35.8 Å². The monoisotopic (exact) mass is 166 g/mol. The topological polar surface area (TPSA) is 35.5 Å². The van der Waals surface area contributed by atoms with Crippen LogP contribution >= 0.6 is 0 Å². The van der Waals surface area contributed by atoms with E-state index in [2.05, 4.69) is 4.74 Å². The van der Waals surface area contributed by atoms with Crippen molar-refractivity contribution < 1.29 is 14.3 Å². The third kappa shape index (κ3) is 1.99. The van der Waals surface area contributed by atoms with Crippen LogP contribution in [0.1, 0.15) is 6.92 Å². The molecule has 0 spiro atoms. The Morgan fingerprint density at radius 3 is 2.92 bits per heavy atom. The van der Waals surface area contributed by atoms with E-state index in [-0.39, 0.29) is 5.76 Å². The summed E-state index contributed by atoms with van der Waals surface area (Å²) in [5.41, 5.74) is 1.02. The Morgan fingerprint density at radius 1 is 1.50 bits per heavy atom. The van der Waals surface area contributed by atoms with Crippen LogP contribution in [0.5, 0.6) is 0 Å². The molecule has 0 unspecified atom stereocenters. The minimum atomic E-state index is -0.467. The van der Waals surface area contributed by atoms with Gasteiger partial charge < -0.3 is 9.47 Å². The Balaban J connectivity index is 2.81. The van der Waals surface area contributed by atoms with Crippen molar-refractivity contribution in [3.63, 3.8) is 0 Å². The fourth-order valence-corrected chi connectivity index (χ4v) is 0.733. The lowest BCUT2D eigenvalue weighted by Crippen LogP contribution is -2.05. The van der Waals surface area contributed by atoms with Crippen molar-refractivity contribution in [1.29, 1.82) is 0 Å². The summed E-state index contributed by atoms with van der Waals surface area (Å²) in [6, 6.07) is 0. The standard InChI is InChI=1S/C9H10O3/c1-7-3-4-8(9(10)11-2)12-6-5-7/h3-6H,1-2H3. The molecule has 0 radical (unpaired) electrons. The number of hydrogen-bond acceptors (Lipinski definition) is 3. The summed E-state index contributed by atoms with van der Waals surface area (Å²) in [7, 11) is 1.32. The van der Waals surface area contributed by atoms with Crippen molar-refractivity contribution in [2.45, 2.75) is 6.92 Å². The second-order valence-corrected chi connectivity index (χ2v) is 2.35. The smallest absolute Gasteiger partial charge is 0.373 e. The van der Waals surface area contributed by atoms with Crippen LogP contribution in [0.4, 0.5) is 0 Å². The summed E-state index contributed by atoms with van der Waals surface area (Å²) >= 11 is 0. The molecular formula is C9H10O3. The molecule has 0 saturated heterocycles. The molecule has 1 rings (SSSR count). The molecule has 0 aliphatic carbocycles. The van der Waals surface area contributed by atoms with E-state index >= 15 is 0 Å². The van der Waals surface area contributed by atoms with Crippen molar-refractivity contribution in [2.24, 2.45) is 0 Å². The Kier molecular flexibility index (Phi) is 2.69. The Bertz CT molecular complexity index is 271. The number of allylic oxidation sites excluding steroid dienone is 4. The van der Waals surface area contributed by atoms with Gasteiger partial charge in [-0.2, -0.15) is 0 Å². The maximum absolute atomic E-state index is 10.9. The molecular weight excluding hydrogens is 156 g/mol. The molecule has 0 aromatic carbocycles. The predicted octanol–water partition coefficient (Wildman–Crippen LogP) is 1.53. The van der Waals surface area contributed by atoms with E-state index in [0.29, 0.717) is 0 Å². The molecule has 3 heteroatoms. The van der Waals surface area contributed by atoms with Gasteiger partial charge in [-0.1, -0.05) is 6.08 Å². The summed E-state index contributed by atoms with van der Waals surface area (Å²) in [5.74, 6) is -0.267. The van der Waals surface area contributed by atoms with Gasteiger partial charge in [-0.25, -0.2) is 4.79 Å². The highest BCUT2D eigenvalue weighted by molar-refractivity contribution is 5.86. The Labute approximate surface area is 71.0 Å². The van der Waals surface area contributed by atoms with Gasteiger partial charge in [-0.05, 0) is 24.6 Å². The zero-order valence-corrected chi connectivity index (χ0v) is 7.03. The van der Waals surface area contributed by atoms with Crippen LogP contribution in [0.15, 0.2) is 35.8 Å². The molecule has 1 aliphatic rings. The lowest BCUT2D eigenvalue weighted by Gasteiger charge is -2.00. The van der Waals surface area contributed by atoms with Crippen LogP contribution in [-0.2, 0) is 14.3 Å². The molecule has 0 N–H and O–H groups in total. The van der Waals surface area contributed by atoms with Crippen LogP contribution in [0.3, 0.4) is 0 Å². The number of esters is 1. The zero-order valence-electron chi connectivity index (χ0n) is 7.03. The van der Waals surface area contributed by atoms with Gasteiger partial charge in [0.25, 0.3) is 0 Å². The van der Waals surface area contributed by atoms with Crippen molar-refractivity contribution in [1.82, 2.24) is 0 Å². The quantitative estimate of drug-likeness (QED) is 0.554. The maximum Gasteiger partial charge on any atom is 0.373 e. The summed E-state index contributed by atoms with van der Waals surface area (Å²) in [5, 5.41) is 0. The van der Waals surface area contributed by atoms with Crippen molar-refractivity contribution in [3.8, 4) is 0 Å². The van der Waals surface area contributed by atoms with E-state index in [0.717, 1.165) is 5.57 Å². The van der Waals surface area contributed by atoms with Gasteiger partial charge in [-0.3, -0.25) is 0 Å². The van der Waals surface area contributed by atoms with Crippen LogP contribution in [0, 0.1) is 0 Å². The van der Waals surface area contributed by atoms with Crippen LogP contribution < -0.4 is 0 Å². The highest BCUT2D eigenvalue weighted by Crippen LogP contribution is 2.08. The third-order valence-corrected chi connectivity index (χ3v) is 1.41. The number of hydrogen-bond donors (Lipinski definition) is 0. The number of carbonyl (C=O) groups excluding carboxylic acids is 1. The molecule has 0 amide bonds. The molecule has 0 atom stereocenters. The lowest BCUT2D eigenvalue weighted by atomic mass is 10.3. The van der Waals surface area contributed by atoms with Gasteiger partial charge in [0.15, 0.2) is 0 Å². The predicted molar refractivity (Wildman–Crippen MR) is 44.1 cm³/mol. The van der Waals surface area contributed by atoms with Crippen LogP contribution in [0.2, 0.25) is 0 Å². The van der Waals surface area contributed by atoms with Gasteiger partial charge in [0.05, 0.1) is 13.4 Å². The molecule has 1 aliphatic heterocycles.